The number of nitrogens with one attached hydrogen (secondary N) is 2. The highest BCUT2D eigenvalue weighted by Crippen LogP contribution is 2.33. The molecule has 3 rings (SSSR count). The van der Waals surface area contributed by atoms with Crippen LogP contribution in [0.1, 0.15) is 69.3 Å². The molecule has 1 amide bonds. The average molecular weight is 563 g/mol. The summed E-state index contributed by atoms with van der Waals surface area (Å²) in [5.74, 6) is 0.363. The van der Waals surface area contributed by atoms with Crippen molar-refractivity contribution < 1.29 is 34.3 Å². The Hall–Kier alpha value is -2.70. The molecule has 11 nitrogen and oxygen atoms in total. The maximum atomic E-state index is 11.4. The van der Waals surface area contributed by atoms with Gasteiger partial charge in [-0.2, -0.15) is 0 Å². The number of aryl methyl sites for hydroxylation is 1. The molecule has 0 spiro atoms. The van der Waals surface area contributed by atoms with Crippen LogP contribution in [0.25, 0.3) is 0 Å². The number of nitrogens with two attached hydrogens (primary N) is 1. The molecule has 224 valence electrons. The first-order chi connectivity index (χ1) is 18.9. The van der Waals surface area contributed by atoms with Crippen LogP contribution in [0.15, 0.2) is 18.2 Å². The van der Waals surface area contributed by atoms with E-state index in [1.165, 1.54) is 0 Å². The normalized spacial score (nSPS) is 23.4. The number of benzene rings is 1. The zero-order valence-corrected chi connectivity index (χ0v) is 24.4. The standard InChI is InChI=1S/C29H46N4O7/c1-16(2)23-21(26(33-32-23)40-27-25(36)18(4)24(35)22(14-34)39-27)13-19-8-9-20(12-17(19)3)38-11-7-10-31-15-29(5,6)28(30)37/h8-9,12,16,18,22,24-25,27,31,34-36H,7,10-11,13-15H2,1-6H3,(H2,30,37)(H,32,33)/t18-,22+,24-,25+,27-/m0/s1. The van der Waals surface area contributed by atoms with Gasteiger partial charge in [0.15, 0.2) is 0 Å². The summed E-state index contributed by atoms with van der Waals surface area (Å²) in [5, 5.41) is 41.2. The maximum Gasteiger partial charge on any atom is 0.238 e. The first-order valence-corrected chi connectivity index (χ1v) is 13.9. The monoisotopic (exact) mass is 562 g/mol. The van der Waals surface area contributed by atoms with Crippen LogP contribution in [0.5, 0.6) is 11.6 Å². The summed E-state index contributed by atoms with van der Waals surface area (Å²) in [6.07, 6.45) is -2.71. The van der Waals surface area contributed by atoms with Gasteiger partial charge in [0.2, 0.25) is 18.1 Å². The Balaban J connectivity index is 1.64. The van der Waals surface area contributed by atoms with Crippen LogP contribution in [0.4, 0.5) is 0 Å². The lowest BCUT2D eigenvalue weighted by molar-refractivity contribution is -0.261. The number of rotatable bonds is 14. The highest BCUT2D eigenvalue weighted by atomic mass is 16.7. The van der Waals surface area contributed by atoms with Gasteiger partial charge in [0, 0.05) is 30.1 Å². The molecule has 0 saturated carbocycles. The summed E-state index contributed by atoms with van der Waals surface area (Å²) in [7, 11) is 0. The Morgan fingerprint density at radius 3 is 2.62 bits per heavy atom. The number of aliphatic hydroxyl groups excluding tert-OH is 3. The summed E-state index contributed by atoms with van der Waals surface area (Å²) in [6.45, 7) is 12.8. The van der Waals surface area contributed by atoms with Gasteiger partial charge in [-0.1, -0.05) is 26.8 Å². The van der Waals surface area contributed by atoms with Crippen LogP contribution in [0.2, 0.25) is 0 Å². The van der Waals surface area contributed by atoms with Crippen LogP contribution in [-0.4, -0.2) is 82.3 Å². The van der Waals surface area contributed by atoms with Gasteiger partial charge in [0.05, 0.1) is 24.7 Å². The molecule has 1 aliphatic heterocycles. The molecule has 40 heavy (non-hydrogen) atoms. The SMILES string of the molecule is Cc1cc(OCCCNCC(C)(C)C(N)=O)ccc1Cc1c(O[C@@H]2O[C@H](CO)[C@@H](O)[C@H](C)[C@H]2O)n[nH]c1C(C)C. The fourth-order valence-corrected chi connectivity index (χ4v) is 4.61. The van der Waals surface area contributed by atoms with Crippen LogP contribution in [0, 0.1) is 18.3 Å². The van der Waals surface area contributed by atoms with Crippen LogP contribution >= 0.6 is 0 Å². The molecule has 0 radical (unpaired) electrons. The predicted molar refractivity (Wildman–Crippen MR) is 150 cm³/mol. The maximum absolute atomic E-state index is 11.4. The number of carbonyl (C=O) groups excluding carboxylic acids is 1. The molecule has 1 aliphatic rings. The highest BCUT2D eigenvalue weighted by Gasteiger charge is 2.43. The molecule has 2 heterocycles. The molecule has 1 aromatic heterocycles. The Kier molecular flexibility index (Phi) is 11.0. The topological polar surface area (TPSA) is 172 Å². The van der Waals surface area contributed by atoms with Crippen molar-refractivity contribution in [2.24, 2.45) is 17.1 Å². The van der Waals surface area contributed by atoms with Crippen LogP contribution in [-0.2, 0) is 16.0 Å². The van der Waals surface area contributed by atoms with Gasteiger partial charge in [-0.3, -0.25) is 9.89 Å². The Labute approximate surface area is 236 Å². The van der Waals surface area contributed by atoms with Crippen molar-refractivity contribution in [3.8, 4) is 11.6 Å². The number of ether oxygens (including phenoxy) is 3. The number of hydrogen-bond acceptors (Lipinski definition) is 9. The molecule has 0 unspecified atom stereocenters. The number of H-pyrrole nitrogens is 1. The lowest BCUT2D eigenvalue weighted by Gasteiger charge is -2.40. The summed E-state index contributed by atoms with van der Waals surface area (Å²) in [5.41, 5.74) is 8.70. The van der Waals surface area contributed by atoms with Crippen LogP contribution in [0.3, 0.4) is 0 Å². The molecule has 1 fully saturated rings. The number of primary amides is 1. The largest absolute Gasteiger partial charge is 0.494 e. The number of aliphatic hydroxyl groups is 3. The van der Waals surface area contributed by atoms with E-state index < -0.39 is 35.9 Å². The zero-order valence-electron chi connectivity index (χ0n) is 24.4. The minimum absolute atomic E-state index is 0.146. The van der Waals surface area contributed by atoms with E-state index in [1.807, 2.05) is 39.0 Å². The number of nitrogens with zero attached hydrogens (tertiary/aromatic N) is 1. The number of aromatic amines is 1. The van der Waals surface area contributed by atoms with E-state index >= 15 is 0 Å². The highest BCUT2D eigenvalue weighted by molar-refractivity contribution is 5.80. The molecule has 1 saturated heterocycles. The van der Waals surface area contributed by atoms with Gasteiger partial charge >= 0.3 is 0 Å². The van der Waals surface area contributed by atoms with E-state index in [4.69, 9.17) is 19.9 Å². The Morgan fingerprint density at radius 2 is 2.00 bits per heavy atom. The van der Waals surface area contributed by atoms with E-state index in [1.54, 1.807) is 6.92 Å². The number of amides is 1. The molecule has 1 aromatic carbocycles. The van der Waals surface area contributed by atoms with Crippen molar-refractivity contribution in [3.05, 3.63) is 40.6 Å². The summed E-state index contributed by atoms with van der Waals surface area (Å²) in [4.78, 5) is 11.4. The fraction of sp³-hybridized carbons (Fsp3) is 0.655. The average Bonchev–Trinajstić information content (AvgIpc) is 3.30. The van der Waals surface area contributed by atoms with Gasteiger partial charge in [-0.05, 0) is 62.9 Å². The number of aromatic nitrogens is 2. The molecule has 11 heteroatoms. The Morgan fingerprint density at radius 1 is 1.27 bits per heavy atom. The number of hydrogen-bond donors (Lipinski definition) is 6. The second-order valence-electron chi connectivity index (χ2n) is 11.7. The van der Waals surface area contributed by atoms with Gasteiger partial charge in [-0.15, -0.1) is 5.10 Å². The Bertz CT molecular complexity index is 1120. The van der Waals surface area contributed by atoms with Gasteiger partial charge in [0.1, 0.15) is 18.0 Å². The van der Waals surface area contributed by atoms with Crippen molar-refractivity contribution >= 4 is 5.91 Å². The lowest BCUT2D eigenvalue weighted by Crippen LogP contribution is -2.56. The molecular weight excluding hydrogens is 516 g/mol. The van der Waals surface area contributed by atoms with Crippen molar-refractivity contribution in [2.45, 2.75) is 84.9 Å². The molecule has 0 aliphatic carbocycles. The van der Waals surface area contributed by atoms with Crippen molar-refractivity contribution in [2.75, 3.05) is 26.3 Å². The summed E-state index contributed by atoms with van der Waals surface area (Å²) in [6, 6.07) is 5.95. The smallest absolute Gasteiger partial charge is 0.238 e. The van der Waals surface area contributed by atoms with Gasteiger partial charge in [-0.25, -0.2) is 0 Å². The molecule has 7 N–H and O–H groups in total. The third-order valence-electron chi connectivity index (χ3n) is 7.57. The van der Waals surface area contributed by atoms with E-state index in [-0.39, 0.29) is 18.4 Å². The first kappa shape index (κ1) is 31.8. The molecule has 5 atom stereocenters. The second-order valence-corrected chi connectivity index (χ2v) is 11.7. The van der Waals surface area contributed by atoms with Crippen molar-refractivity contribution in [1.29, 1.82) is 0 Å². The zero-order chi connectivity index (χ0) is 29.6. The van der Waals surface area contributed by atoms with Crippen molar-refractivity contribution in [3.63, 3.8) is 0 Å². The molecular formula is C29H46N4O7. The third kappa shape index (κ3) is 7.73. The summed E-state index contributed by atoms with van der Waals surface area (Å²) < 4.78 is 17.6. The number of carbonyl (C=O) groups is 1. The molecule has 0 bridgehead atoms. The minimum Gasteiger partial charge on any atom is -0.494 e. The lowest BCUT2D eigenvalue weighted by atomic mass is 9.91. The van der Waals surface area contributed by atoms with E-state index in [0.717, 1.165) is 34.6 Å². The third-order valence-corrected chi connectivity index (χ3v) is 7.57. The minimum atomic E-state index is -1.09. The predicted octanol–water partition coefficient (Wildman–Crippen LogP) is 1.76. The first-order valence-electron chi connectivity index (χ1n) is 13.9. The van der Waals surface area contributed by atoms with Gasteiger partial charge < -0.3 is 40.6 Å². The van der Waals surface area contributed by atoms with E-state index in [9.17, 15) is 20.1 Å². The van der Waals surface area contributed by atoms with E-state index in [2.05, 4.69) is 29.4 Å². The van der Waals surface area contributed by atoms with Crippen LogP contribution < -0.4 is 20.5 Å². The van der Waals surface area contributed by atoms with Crippen molar-refractivity contribution in [1.82, 2.24) is 15.5 Å². The quantitative estimate of drug-likeness (QED) is 0.188. The second kappa shape index (κ2) is 13.8. The van der Waals surface area contributed by atoms with Gasteiger partial charge in [0.25, 0.3) is 0 Å². The fourth-order valence-electron chi connectivity index (χ4n) is 4.61. The van der Waals surface area contributed by atoms with E-state index in [0.29, 0.717) is 32.0 Å². The molecule has 2 aromatic rings. The summed E-state index contributed by atoms with van der Waals surface area (Å²) >= 11 is 0.